The second-order valence-electron chi connectivity index (χ2n) is 8.68. The zero-order valence-electron chi connectivity index (χ0n) is 18.8. The van der Waals surface area contributed by atoms with Crippen LogP contribution in [0.4, 0.5) is 5.82 Å². The van der Waals surface area contributed by atoms with Gasteiger partial charge in [0, 0.05) is 25.2 Å². The van der Waals surface area contributed by atoms with Crippen LogP contribution in [-0.2, 0) is 0 Å². The van der Waals surface area contributed by atoms with Crippen LogP contribution in [0.15, 0.2) is 66.7 Å². The third-order valence-corrected chi connectivity index (χ3v) is 6.14. The molecule has 1 fully saturated rings. The molecule has 1 atom stereocenters. The molecule has 5 heteroatoms. The highest BCUT2D eigenvalue weighted by Gasteiger charge is 2.24. The summed E-state index contributed by atoms with van der Waals surface area (Å²) in [6.07, 6.45) is 1.08. The molecule has 1 saturated heterocycles. The van der Waals surface area contributed by atoms with E-state index in [9.17, 15) is 9.90 Å². The number of hydrogen-bond donors (Lipinski definition) is 2. The standard InChI is InChI=1S/C27H31N3O2/c1-19-7-6-10-22(17-19)25-12-11-24(26(29-25)30-15-13-23(31)14-16-30)27(32)28-18-20(2)21-8-4-3-5-9-21/h3-12,17,20,23,31H,13-16,18H2,1-2H3,(H,28,32)/t20-/m0/s1. The van der Waals surface area contributed by atoms with Crippen molar-refractivity contribution in [3.05, 3.63) is 83.4 Å². The second-order valence-corrected chi connectivity index (χ2v) is 8.68. The van der Waals surface area contributed by atoms with Gasteiger partial charge in [-0.25, -0.2) is 4.98 Å². The normalized spacial score (nSPS) is 15.4. The zero-order valence-corrected chi connectivity index (χ0v) is 18.8. The van der Waals surface area contributed by atoms with E-state index in [4.69, 9.17) is 4.98 Å². The van der Waals surface area contributed by atoms with E-state index in [1.807, 2.05) is 42.5 Å². The van der Waals surface area contributed by atoms with Gasteiger partial charge < -0.3 is 15.3 Å². The Morgan fingerprint density at radius 2 is 1.84 bits per heavy atom. The molecule has 1 aliphatic rings. The minimum Gasteiger partial charge on any atom is -0.393 e. The number of nitrogens with one attached hydrogen (secondary N) is 1. The fourth-order valence-corrected chi connectivity index (χ4v) is 4.15. The van der Waals surface area contributed by atoms with Gasteiger partial charge in [0.2, 0.25) is 0 Å². The monoisotopic (exact) mass is 429 g/mol. The highest BCUT2D eigenvalue weighted by molar-refractivity contribution is 5.99. The second kappa shape index (κ2) is 9.96. The van der Waals surface area contributed by atoms with Crippen molar-refractivity contribution in [3.63, 3.8) is 0 Å². The van der Waals surface area contributed by atoms with Crippen molar-refractivity contribution < 1.29 is 9.90 Å². The SMILES string of the molecule is Cc1cccc(-c2ccc(C(=O)NC[C@H](C)c3ccccc3)c(N3CCC(O)CC3)n2)c1. The molecule has 1 aliphatic heterocycles. The minimum atomic E-state index is -0.282. The van der Waals surface area contributed by atoms with Gasteiger partial charge in [-0.15, -0.1) is 0 Å². The number of pyridine rings is 1. The molecule has 1 amide bonds. The number of aryl methyl sites for hydroxylation is 1. The average Bonchev–Trinajstić information content (AvgIpc) is 2.83. The summed E-state index contributed by atoms with van der Waals surface area (Å²) in [5.74, 6) is 0.797. The molecule has 2 heterocycles. The van der Waals surface area contributed by atoms with Crippen LogP contribution in [-0.4, -0.2) is 41.7 Å². The number of benzene rings is 2. The maximum absolute atomic E-state index is 13.2. The largest absolute Gasteiger partial charge is 0.393 e. The van der Waals surface area contributed by atoms with Crippen LogP contribution in [0.5, 0.6) is 0 Å². The Hall–Kier alpha value is -3.18. The molecule has 0 saturated carbocycles. The van der Waals surface area contributed by atoms with Gasteiger partial charge in [-0.2, -0.15) is 0 Å². The van der Waals surface area contributed by atoms with Crippen molar-refractivity contribution in [2.45, 2.75) is 38.7 Å². The lowest BCUT2D eigenvalue weighted by Crippen LogP contribution is -2.38. The molecule has 5 nitrogen and oxygen atoms in total. The number of aromatic nitrogens is 1. The van der Waals surface area contributed by atoms with E-state index in [1.54, 1.807) is 0 Å². The number of hydrogen-bond acceptors (Lipinski definition) is 4. The summed E-state index contributed by atoms with van der Waals surface area (Å²) in [5.41, 5.74) is 4.84. The predicted octanol–water partition coefficient (Wildman–Crippen LogP) is 4.55. The number of amides is 1. The molecular weight excluding hydrogens is 398 g/mol. The number of piperidine rings is 1. The average molecular weight is 430 g/mol. The molecule has 0 bridgehead atoms. The highest BCUT2D eigenvalue weighted by Crippen LogP contribution is 2.27. The molecule has 2 aromatic carbocycles. The first-order valence-electron chi connectivity index (χ1n) is 11.4. The van der Waals surface area contributed by atoms with Gasteiger partial charge >= 0.3 is 0 Å². The summed E-state index contributed by atoms with van der Waals surface area (Å²) < 4.78 is 0. The summed E-state index contributed by atoms with van der Waals surface area (Å²) in [4.78, 5) is 20.2. The van der Waals surface area contributed by atoms with E-state index in [0.717, 1.165) is 11.3 Å². The van der Waals surface area contributed by atoms with Gasteiger partial charge in [0.25, 0.3) is 5.91 Å². The summed E-state index contributed by atoms with van der Waals surface area (Å²) in [6.45, 7) is 6.10. The number of aliphatic hydroxyl groups is 1. The van der Waals surface area contributed by atoms with Crippen molar-refractivity contribution in [3.8, 4) is 11.3 Å². The van der Waals surface area contributed by atoms with E-state index >= 15 is 0 Å². The van der Waals surface area contributed by atoms with E-state index in [0.29, 0.717) is 43.9 Å². The van der Waals surface area contributed by atoms with Crippen molar-refractivity contribution in [1.82, 2.24) is 10.3 Å². The molecule has 2 N–H and O–H groups in total. The minimum absolute atomic E-state index is 0.114. The summed E-state index contributed by atoms with van der Waals surface area (Å²) >= 11 is 0. The predicted molar refractivity (Wildman–Crippen MR) is 129 cm³/mol. The van der Waals surface area contributed by atoms with E-state index in [1.165, 1.54) is 11.1 Å². The van der Waals surface area contributed by atoms with Gasteiger partial charge in [-0.05, 0) is 49.4 Å². The lowest BCUT2D eigenvalue weighted by molar-refractivity contribution is 0.0951. The molecule has 32 heavy (non-hydrogen) atoms. The van der Waals surface area contributed by atoms with Crippen molar-refractivity contribution in [1.29, 1.82) is 0 Å². The number of nitrogens with zero attached hydrogens (tertiary/aromatic N) is 2. The smallest absolute Gasteiger partial charge is 0.255 e. The topological polar surface area (TPSA) is 65.5 Å². The first kappa shape index (κ1) is 22.0. The van der Waals surface area contributed by atoms with Crippen LogP contribution < -0.4 is 10.2 Å². The molecule has 4 rings (SSSR count). The highest BCUT2D eigenvalue weighted by atomic mass is 16.3. The van der Waals surface area contributed by atoms with E-state index < -0.39 is 0 Å². The van der Waals surface area contributed by atoms with Crippen LogP contribution in [0.3, 0.4) is 0 Å². The first-order chi connectivity index (χ1) is 15.5. The number of anilines is 1. The molecule has 1 aromatic heterocycles. The molecular formula is C27H31N3O2. The summed E-state index contributed by atoms with van der Waals surface area (Å²) in [5, 5.41) is 13.0. The lowest BCUT2D eigenvalue weighted by Gasteiger charge is -2.32. The first-order valence-corrected chi connectivity index (χ1v) is 11.4. The maximum Gasteiger partial charge on any atom is 0.255 e. The van der Waals surface area contributed by atoms with Gasteiger partial charge in [-0.3, -0.25) is 4.79 Å². The Kier molecular flexibility index (Phi) is 6.86. The van der Waals surface area contributed by atoms with Crippen LogP contribution >= 0.6 is 0 Å². The Morgan fingerprint density at radius 1 is 1.09 bits per heavy atom. The third-order valence-electron chi connectivity index (χ3n) is 6.14. The van der Waals surface area contributed by atoms with Gasteiger partial charge in [0.15, 0.2) is 0 Å². The molecule has 166 valence electrons. The van der Waals surface area contributed by atoms with Gasteiger partial charge in [-0.1, -0.05) is 61.0 Å². The van der Waals surface area contributed by atoms with Gasteiger partial charge in [0.1, 0.15) is 5.82 Å². The van der Waals surface area contributed by atoms with Crippen LogP contribution in [0.2, 0.25) is 0 Å². The fraction of sp³-hybridized carbons (Fsp3) is 0.333. The molecule has 0 radical (unpaired) electrons. The Balaban J connectivity index is 1.59. The van der Waals surface area contributed by atoms with Gasteiger partial charge in [0.05, 0.1) is 17.4 Å². The lowest BCUT2D eigenvalue weighted by atomic mass is 10.0. The molecule has 0 aliphatic carbocycles. The third kappa shape index (κ3) is 5.17. The van der Waals surface area contributed by atoms with Crippen molar-refractivity contribution >= 4 is 11.7 Å². The van der Waals surface area contributed by atoms with E-state index in [2.05, 4.69) is 48.3 Å². The molecule has 0 spiro atoms. The quantitative estimate of drug-likeness (QED) is 0.603. The Bertz CT molecular complexity index is 1060. The number of carbonyl (C=O) groups is 1. The maximum atomic E-state index is 13.2. The van der Waals surface area contributed by atoms with Crippen molar-refractivity contribution in [2.75, 3.05) is 24.5 Å². The molecule has 0 unspecified atom stereocenters. The summed E-state index contributed by atoms with van der Waals surface area (Å²) in [7, 11) is 0. The summed E-state index contributed by atoms with van der Waals surface area (Å²) in [6, 6.07) is 22.2. The zero-order chi connectivity index (χ0) is 22.5. The van der Waals surface area contributed by atoms with Crippen LogP contribution in [0.25, 0.3) is 11.3 Å². The number of carbonyl (C=O) groups excluding carboxylic acids is 1. The van der Waals surface area contributed by atoms with Crippen LogP contribution in [0.1, 0.15) is 47.2 Å². The Labute approximate surface area is 190 Å². The number of aliphatic hydroxyl groups excluding tert-OH is 1. The fourth-order valence-electron chi connectivity index (χ4n) is 4.15. The van der Waals surface area contributed by atoms with Crippen molar-refractivity contribution in [2.24, 2.45) is 0 Å². The number of rotatable bonds is 6. The Morgan fingerprint density at radius 3 is 2.56 bits per heavy atom. The van der Waals surface area contributed by atoms with E-state index in [-0.39, 0.29) is 17.9 Å². The van der Waals surface area contributed by atoms with Crippen LogP contribution in [0, 0.1) is 6.92 Å². The molecule has 3 aromatic rings.